The molecule has 182 valence electrons. The summed E-state index contributed by atoms with van der Waals surface area (Å²) in [6.07, 6.45) is 15.3. The normalized spacial score (nSPS) is 11.5. The maximum atomic E-state index is 13.4. The van der Waals surface area contributed by atoms with E-state index < -0.39 is 16.9 Å². The summed E-state index contributed by atoms with van der Waals surface area (Å²) in [7, 11) is -1.48. The van der Waals surface area contributed by atoms with E-state index >= 15 is 0 Å². The Morgan fingerprint density at radius 1 is 1.08 bits per heavy atom. The summed E-state index contributed by atoms with van der Waals surface area (Å²) in [5.74, 6) is -0.842. The number of hydrogen-bond donors (Lipinski definition) is 1. The predicted molar refractivity (Wildman–Crippen MR) is 143 cm³/mol. The number of rotatable bonds is 7. The SMILES string of the molecule is C#C.C/C=C\c1c(-c2ccccc2)cn(S(=O)c2ccc(C(=O)NCc3ccc(F)nc3)cc2)c1C. The predicted octanol–water partition coefficient (Wildman–Crippen LogP) is 5.78. The van der Waals surface area contributed by atoms with Crippen LogP contribution in [-0.2, 0) is 17.5 Å². The molecule has 0 saturated carbocycles. The van der Waals surface area contributed by atoms with Gasteiger partial charge in [-0.25, -0.2) is 9.19 Å². The van der Waals surface area contributed by atoms with Crippen molar-refractivity contribution in [2.75, 3.05) is 0 Å². The lowest BCUT2D eigenvalue weighted by molar-refractivity contribution is 0.0951. The zero-order valence-corrected chi connectivity index (χ0v) is 20.8. The minimum atomic E-state index is -1.48. The van der Waals surface area contributed by atoms with Crippen LogP contribution in [-0.4, -0.2) is 19.1 Å². The second kappa shape index (κ2) is 12.4. The van der Waals surface area contributed by atoms with E-state index in [9.17, 15) is 13.4 Å². The van der Waals surface area contributed by atoms with Crippen molar-refractivity contribution >= 4 is 23.0 Å². The van der Waals surface area contributed by atoms with Crippen LogP contribution in [0.1, 0.15) is 34.1 Å². The Morgan fingerprint density at radius 3 is 2.39 bits per heavy atom. The maximum Gasteiger partial charge on any atom is 0.251 e. The van der Waals surface area contributed by atoms with Gasteiger partial charge in [0.25, 0.3) is 5.91 Å². The van der Waals surface area contributed by atoms with Crippen LogP contribution in [0.4, 0.5) is 4.39 Å². The lowest BCUT2D eigenvalue weighted by atomic mass is 10.0. The molecule has 0 fully saturated rings. The molecule has 2 heterocycles. The van der Waals surface area contributed by atoms with Crippen molar-refractivity contribution in [1.82, 2.24) is 14.3 Å². The van der Waals surface area contributed by atoms with Gasteiger partial charge in [-0.05, 0) is 55.3 Å². The van der Waals surface area contributed by atoms with Gasteiger partial charge in [-0.1, -0.05) is 48.6 Å². The quantitative estimate of drug-likeness (QED) is 0.259. The number of pyridine rings is 1. The molecule has 0 radical (unpaired) electrons. The third-order valence-electron chi connectivity index (χ3n) is 5.41. The van der Waals surface area contributed by atoms with Crippen molar-refractivity contribution in [1.29, 1.82) is 0 Å². The largest absolute Gasteiger partial charge is 0.348 e. The summed E-state index contributed by atoms with van der Waals surface area (Å²) in [6, 6.07) is 19.5. The first-order valence-corrected chi connectivity index (χ1v) is 12.2. The minimum absolute atomic E-state index is 0.234. The standard InChI is InChI=1S/C27H24FN3O2S.C2H2/c1-3-7-24-19(2)31(18-25(24)21-8-5-4-6-9-21)34(33)23-13-11-22(12-14-23)27(32)30-17-20-10-15-26(28)29-16-20;1-2/h3-16,18H,17H2,1-2H3,(H,30,32);1-2H/b7-3-;. The topological polar surface area (TPSA) is 64.0 Å². The summed E-state index contributed by atoms with van der Waals surface area (Å²) in [6.45, 7) is 4.14. The van der Waals surface area contributed by atoms with Gasteiger partial charge in [0, 0.05) is 41.3 Å². The first-order chi connectivity index (χ1) is 17.5. The van der Waals surface area contributed by atoms with E-state index in [1.165, 1.54) is 12.3 Å². The summed E-state index contributed by atoms with van der Waals surface area (Å²) in [4.78, 5) is 16.6. The summed E-state index contributed by atoms with van der Waals surface area (Å²) in [5.41, 5.74) is 5.12. The van der Waals surface area contributed by atoms with Gasteiger partial charge in [0.05, 0.1) is 4.90 Å². The summed E-state index contributed by atoms with van der Waals surface area (Å²) >= 11 is 0. The lowest BCUT2D eigenvalue weighted by Crippen LogP contribution is -2.22. The molecular weight excluding hydrogens is 473 g/mol. The third kappa shape index (κ3) is 6.04. The molecule has 4 aromatic rings. The van der Waals surface area contributed by atoms with Crippen molar-refractivity contribution in [3.63, 3.8) is 0 Å². The Hall–Kier alpha value is -4.28. The van der Waals surface area contributed by atoms with Crippen LogP contribution in [0.3, 0.4) is 0 Å². The van der Waals surface area contributed by atoms with Gasteiger partial charge in [0.1, 0.15) is 0 Å². The number of carbonyl (C=O) groups excluding carboxylic acids is 1. The summed E-state index contributed by atoms with van der Waals surface area (Å²) in [5, 5.41) is 2.78. The number of amides is 1. The molecule has 1 unspecified atom stereocenters. The molecule has 7 heteroatoms. The number of allylic oxidation sites excluding steroid dienone is 1. The van der Waals surface area contributed by atoms with Gasteiger partial charge in [0.2, 0.25) is 5.95 Å². The third-order valence-corrected chi connectivity index (χ3v) is 6.83. The molecule has 0 bridgehead atoms. The zero-order valence-electron chi connectivity index (χ0n) is 20.0. The fourth-order valence-electron chi connectivity index (χ4n) is 3.63. The van der Waals surface area contributed by atoms with Gasteiger partial charge in [-0.2, -0.15) is 4.39 Å². The van der Waals surface area contributed by atoms with Crippen LogP contribution in [0.2, 0.25) is 0 Å². The van der Waals surface area contributed by atoms with Crippen molar-refractivity contribution in [3.8, 4) is 24.0 Å². The fourth-order valence-corrected chi connectivity index (χ4v) is 4.77. The van der Waals surface area contributed by atoms with E-state index in [0.717, 1.165) is 22.4 Å². The molecule has 0 saturated heterocycles. The average Bonchev–Trinajstić information content (AvgIpc) is 3.25. The van der Waals surface area contributed by atoms with Crippen LogP contribution < -0.4 is 5.32 Å². The van der Waals surface area contributed by atoms with E-state index in [-0.39, 0.29) is 12.5 Å². The van der Waals surface area contributed by atoms with Crippen LogP contribution in [0, 0.1) is 25.7 Å². The average molecular weight is 500 g/mol. The monoisotopic (exact) mass is 499 g/mol. The number of nitrogens with one attached hydrogen (secondary N) is 1. The number of aromatic nitrogens is 2. The number of halogens is 1. The molecule has 2 aromatic carbocycles. The number of hydrogen-bond acceptors (Lipinski definition) is 3. The van der Waals surface area contributed by atoms with Crippen LogP contribution in [0.15, 0.2) is 90.1 Å². The number of terminal acetylenes is 1. The second-order valence-electron chi connectivity index (χ2n) is 7.68. The van der Waals surface area contributed by atoms with Gasteiger partial charge >= 0.3 is 0 Å². The Labute approximate surface area is 213 Å². The molecule has 0 aliphatic rings. The lowest BCUT2D eigenvalue weighted by Gasteiger charge is -2.08. The van der Waals surface area contributed by atoms with Gasteiger partial charge in [-0.15, -0.1) is 12.8 Å². The number of carbonyl (C=O) groups is 1. The summed E-state index contributed by atoms with van der Waals surface area (Å²) < 4.78 is 28.1. The molecule has 5 nitrogen and oxygen atoms in total. The Morgan fingerprint density at radius 2 is 1.78 bits per heavy atom. The van der Waals surface area contributed by atoms with Crippen molar-refractivity contribution in [3.05, 3.63) is 114 Å². The molecular formula is C29H26FN3O2S. The van der Waals surface area contributed by atoms with Gasteiger partial charge < -0.3 is 5.32 Å². The number of benzene rings is 2. The molecule has 36 heavy (non-hydrogen) atoms. The Kier molecular flexibility index (Phi) is 9.09. The van der Waals surface area contributed by atoms with E-state index in [1.807, 2.05) is 62.5 Å². The number of nitrogens with zero attached hydrogens (tertiary/aromatic N) is 2. The van der Waals surface area contributed by atoms with Crippen LogP contribution >= 0.6 is 0 Å². The van der Waals surface area contributed by atoms with Crippen molar-refractivity contribution in [2.24, 2.45) is 0 Å². The Balaban J connectivity index is 0.00000176. The first-order valence-electron chi connectivity index (χ1n) is 11.1. The molecule has 0 spiro atoms. The first kappa shape index (κ1) is 26.3. The zero-order chi connectivity index (χ0) is 26.1. The van der Waals surface area contributed by atoms with Crippen molar-refractivity contribution < 1.29 is 13.4 Å². The highest BCUT2D eigenvalue weighted by Crippen LogP contribution is 2.30. The van der Waals surface area contributed by atoms with E-state index in [0.29, 0.717) is 16.0 Å². The molecule has 1 N–H and O–H groups in total. The van der Waals surface area contributed by atoms with E-state index in [2.05, 4.69) is 23.1 Å². The smallest absolute Gasteiger partial charge is 0.251 e. The highest BCUT2D eigenvalue weighted by Gasteiger charge is 2.17. The molecule has 1 amide bonds. The molecule has 0 aliphatic carbocycles. The van der Waals surface area contributed by atoms with Crippen LogP contribution in [0.5, 0.6) is 0 Å². The second-order valence-corrected chi connectivity index (χ2v) is 9.04. The highest BCUT2D eigenvalue weighted by atomic mass is 32.2. The molecule has 1 atom stereocenters. The van der Waals surface area contributed by atoms with Gasteiger partial charge in [0.15, 0.2) is 11.0 Å². The van der Waals surface area contributed by atoms with Crippen LogP contribution in [0.25, 0.3) is 17.2 Å². The van der Waals surface area contributed by atoms with Crippen molar-refractivity contribution in [2.45, 2.75) is 25.3 Å². The molecule has 2 aromatic heterocycles. The fraction of sp³-hybridized carbons (Fsp3) is 0.103. The Bertz CT molecular complexity index is 1390. The maximum absolute atomic E-state index is 13.4. The van der Waals surface area contributed by atoms with E-state index in [1.54, 1.807) is 34.3 Å². The molecule has 4 rings (SSSR count). The minimum Gasteiger partial charge on any atom is -0.348 e. The highest BCUT2D eigenvalue weighted by molar-refractivity contribution is 7.83. The van der Waals surface area contributed by atoms with Gasteiger partial charge in [-0.3, -0.25) is 8.77 Å². The molecule has 0 aliphatic heterocycles. The van der Waals surface area contributed by atoms with E-state index in [4.69, 9.17) is 0 Å².